The van der Waals surface area contributed by atoms with Gasteiger partial charge in [0, 0.05) is 6.04 Å². The van der Waals surface area contributed by atoms with Gasteiger partial charge in [-0.2, -0.15) is 0 Å². The van der Waals surface area contributed by atoms with E-state index in [9.17, 15) is 0 Å². The second-order valence-electron chi connectivity index (χ2n) is 6.38. The molecule has 0 amide bonds. The second-order valence-corrected chi connectivity index (χ2v) is 6.38. The molecule has 1 unspecified atom stereocenters. The van der Waals surface area contributed by atoms with Crippen LogP contribution in [0.4, 0.5) is 0 Å². The van der Waals surface area contributed by atoms with E-state index in [0.717, 1.165) is 17.5 Å². The van der Waals surface area contributed by atoms with Crippen molar-refractivity contribution >= 4 is 29.9 Å². The summed E-state index contributed by atoms with van der Waals surface area (Å²) in [5.41, 5.74) is 8.04. The summed E-state index contributed by atoms with van der Waals surface area (Å²) in [4.78, 5) is 4.37. The van der Waals surface area contributed by atoms with Crippen LogP contribution in [0.15, 0.2) is 29.3 Å². The van der Waals surface area contributed by atoms with E-state index in [2.05, 4.69) is 63.1 Å². The average molecular weight is 419 g/mol. The van der Waals surface area contributed by atoms with Crippen molar-refractivity contribution in [2.24, 2.45) is 10.7 Å². The molecule has 126 valence electrons. The number of nitrogens with two attached hydrogens (primary N) is 1. The summed E-state index contributed by atoms with van der Waals surface area (Å²) in [6, 6.07) is 8.62. The van der Waals surface area contributed by atoms with Crippen molar-refractivity contribution < 1.29 is 4.74 Å². The van der Waals surface area contributed by atoms with Crippen LogP contribution in [0, 0.1) is 0 Å². The molecule has 3 N–H and O–H groups in total. The summed E-state index contributed by atoms with van der Waals surface area (Å²) in [5.74, 6) is 0.501. The predicted octanol–water partition coefficient (Wildman–Crippen LogP) is 3.82. The van der Waals surface area contributed by atoms with Crippen molar-refractivity contribution in [3.8, 4) is 0 Å². The number of nitrogens with one attached hydrogen (secondary N) is 1. The van der Waals surface area contributed by atoms with Crippen LogP contribution < -0.4 is 11.1 Å². The predicted molar refractivity (Wildman–Crippen MR) is 105 cm³/mol. The Morgan fingerprint density at radius 2 is 1.95 bits per heavy atom. The van der Waals surface area contributed by atoms with Crippen LogP contribution in [0.5, 0.6) is 0 Å². The Balaban J connectivity index is 0.00000441. The zero-order valence-electron chi connectivity index (χ0n) is 14.3. The fourth-order valence-corrected chi connectivity index (χ4v) is 1.69. The van der Waals surface area contributed by atoms with Gasteiger partial charge >= 0.3 is 0 Å². The zero-order chi connectivity index (χ0) is 15.9. The van der Waals surface area contributed by atoms with Gasteiger partial charge in [0.1, 0.15) is 0 Å². The summed E-state index contributed by atoms with van der Waals surface area (Å²) in [6.07, 6.45) is 1.02. The molecule has 0 aliphatic heterocycles. The summed E-state index contributed by atoms with van der Waals surface area (Å²) < 4.78 is 5.79. The third-order valence-electron chi connectivity index (χ3n) is 3.10. The number of rotatable bonds is 6. The van der Waals surface area contributed by atoms with Gasteiger partial charge in [0.15, 0.2) is 5.96 Å². The van der Waals surface area contributed by atoms with Crippen molar-refractivity contribution in [2.45, 2.75) is 65.8 Å². The lowest BCUT2D eigenvalue weighted by atomic mass is 10.1. The van der Waals surface area contributed by atoms with Crippen molar-refractivity contribution in [2.75, 3.05) is 0 Å². The van der Waals surface area contributed by atoms with Crippen molar-refractivity contribution in [3.05, 3.63) is 35.4 Å². The normalized spacial score (nSPS) is 13.4. The Hall–Kier alpha value is -0.820. The minimum Gasteiger partial charge on any atom is -0.371 e. The molecule has 4 nitrogen and oxygen atoms in total. The van der Waals surface area contributed by atoms with E-state index in [4.69, 9.17) is 10.5 Å². The van der Waals surface area contributed by atoms with Gasteiger partial charge in [-0.1, -0.05) is 31.2 Å². The van der Waals surface area contributed by atoms with Gasteiger partial charge in [0.05, 0.1) is 18.8 Å². The number of aliphatic imine (C=N–C) groups is 1. The molecule has 1 aromatic rings. The van der Waals surface area contributed by atoms with Crippen LogP contribution in [0.25, 0.3) is 0 Å². The van der Waals surface area contributed by atoms with Gasteiger partial charge in [-0.3, -0.25) is 0 Å². The first-order chi connectivity index (χ1) is 9.80. The van der Waals surface area contributed by atoms with Crippen LogP contribution in [0.3, 0.4) is 0 Å². The second kappa shape index (κ2) is 10.0. The standard InChI is InChI=1S/C17H29N3O.HI/c1-6-13(2)20-16(18)19-11-14-8-7-9-15(10-14)12-21-17(3,4)5;/h7-10,13H,6,11-12H2,1-5H3,(H3,18,19,20);1H. The molecule has 0 fully saturated rings. The third kappa shape index (κ3) is 9.25. The van der Waals surface area contributed by atoms with Crippen molar-refractivity contribution in [1.82, 2.24) is 5.32 Å². The van der Waals surface area contributed by atoms with Crippen LogP contribution >= 0.6 is 24.0 Å². The first kappa shape index (κ1) is 21.2. The minimum atomic E-state index is -0.126. The lowest BCUT2D eigenvalue weighted by Gasteiger charge is -2.19. The number of hydrogen-bond donors (Lipinski definition) is 2. The number of benzene rings is 1. The van der Waals surface area contributed by atoms with E-state index >= 15 is 0 Å². The van der Waals surface area contributed by atoms with Gasteiger partial charge in [-0.25, -0.2) is 4.99 Å². The van der Waals surface area contributed by atoms with E-state index in [-0.39, 0.29) is 29.6 Å². The maximum absolute atomic E-state index is 5.87. The highest BCUT2D eigenvalue weighted by Crippen LogP contribution is 2.13. The van der Waals surface area contributed by atoms with Crippen LogP contribution in [0.1, 0.15) is 52.2 Å². The lowest BCUT2D eigenvalue weighted by Crippen LogP contribution is -2.38. The van der Waals surface area contributed by atoms with E-state index in [1.807, 2.05) is 6.07 Å². The SMILES string of the molecule is CCC(C)NC(N)=NCc1cccc(COC(C)(C)C)c1.I. The summed E-state index contributed by atoms with van der Waals surface area (Å²) in [7, 11) is 0. The highest BCUT2D eigenvalue weighted by Gasteiger charge is 2.10. The molecule has 5 heteroatoms. The zero-order valence-corrected chi connectivity index (χ0v) is 16.7. The highest BCUT2D eigenvalue weighted by atomic mass is 127. The molecule has 0 aromatic heterocycles. The number of halogens is 1. The maximum atomic E-state index is 5.87. The molecule has 0 radical (unpaired) electrons. The van der Waals surface area contributed by atoms with Gasteiger partial charge in [-0.05, 0) is 45.2 Å². The fourth-order valence-electron chi connectivity index (χ4n) is 1.69. The smallest absolute Gasteiger partial charge is 0.189 e. The van der Waals surface area contributed by atoms with E-state index < -0.39 is 0 Å². The average Bonchev–Trinajstić information content (AvgIpc) is 2.42. The summed E-state index contributed by atoms with van der Waals surface area (Å²) in [6.45, 7) is 11.6. The molecule has 0 saturated heterocycles. The Bertz CT molecular complexity index is 469. The van der Waals surface area contributed by atoms with Gasteiger partial charge in [0.2, 0.25) is 0 Å². The highest BCUT2D eigenvalue weighted by molar-refractivity contribution is 14.0. The lowest BCUT2D eigenvalue weighted by molar-refractivity contribution is -0.0149. The van der Waals surface area contributed by atoms with Crippen LogP contribution in [0.2, 0.25) is 0 Å². The maximum Gasteiger partial charge on any atom is 0.189 e. The Kier molecular flexibility index (Phi) is 9.67. The molecule has 1 rings (SSSR count). The quantitative estimate of drug-likeness (QED) is 0.419. The number of hydrogen-bond acceptors (Lipinski definition) is 2. The molecular weight excluding hydrogens is 389 g/mol. The van der Waals surface area contributed by atoms with Crippen LogP contribution in [-0.2, 0) is 17.9 Å². The molecule has 1 aromatic carbocycles. The van der Waals surface area contributed by atoms with Gasteiger partial charge < -0.3 is 15.8 Å². The topological polar surface area (TPSA) is 59.6 Å². The molecule has 0 spiro atoms. The van der Waals surface area contributed by atoms with Gasteiger partial charge in [-0.15, -0.1) is 24.0 Å². The van der Waals surface area contributed by atoms with Crippen molar-refractivity contribution in [1.29, 1.82) is 0 Å². The molecule has 0 heterocycles. The van der Waals surface area contributed by atoms with Gasteiger partial charge in [0.25, 0.3) is 0 Å². The minimum absolute atomic E-state index is 0. The fraction of sp³-hybridized carbons (Fsp3) is 0.588. The number of guanidine groups is 1. The third-order valence-corrected chi connectivity index (χ3v) is 3.10. The van der Waals surface area contributed by atoms with E-state index in [1.165, 1.54) is 0 Å². The Morgan fingerprint density at radius 1 is 1.32 bits per heavy atom. The van der Waals surface area contributed by atoms with E-state index in [1.54, 1.807) is 0 Å². The monoisotopic (exact) mass is 419 g/mol. The molecule has 1 atom stereocenters. The largest absolute Gasteiger partial charge is 0.371 e. The summed E-state index contributed by atoms with van der Waals surface area (Å²) in [5, 5.41) is 3.16. The molecule has 0 bridgehead atoms. The number of nitrogens with zero attached hydrogens (tertiary/aromatic N) is 1. The first-order valence-corrected chi connectivity index (χ1v) is 7.58. The molecule has 0 aliphatic rings. The first-order valence-electron chi connectivity index (χ1n) is 7.58. The van der Waals surface area contributed by atoms with Crippen molar-refractivity contribution in [3.63, 3.8) is 0 Å². The molecular formula is C17H30IN3O. The van der Waals surface area contributed by atoms with Crippen LogP contribution in [-0.4, -0.2) is 17.6 Å². The summed E-state index contributed by atoms with van der Waals surface area (Å²) >= 11 is 0. The Labute approximate surface area is 151 Å². The molecule has 0 saturated carbocycles. The molecule has 22 heavy (non-hydrogen) atoms. The Morgan fingerprint density at radius 3 is 2.55 bits per heavy atom. The molecule has 0 aliphatic carbocycles. The number of ether oxygens (including phenoxy) is 1. The van der Waals surface area contributed by atoms with E-state index in [0.29, 0.717) is 25.2 Å².